The van der Waals surface area contributed by atoms with Gasteiger partial charge >= 0.3 is 5.97 Å². The molecular weight excluding hydrogens is 308 g/mol. The molecule has 0 fully saturated rings. The Bertz CT molecular complexity index is 712. The Morgan fingerprint density at radius 3 is 2.25 bits per heavy atom. The number of rotatable bonds is 6. The summed E-state index contributed by atoms with van der Waals surface area (Å²) in [6, 6.07) is 15.2. The molecule has 0 radical (unpaired) electrons. The van der Waals surface area contributed by atoms with Gasteiger partial charge in [-0.15, -0.1) is 0 Å². The minimum atomic E-state index is -0.448. The van der Waals surface area contributed by atoms with Crippen molar-refractivity contribution in [1.29, 1.82) is 0 Å². The van der Waals surface area contributed by atoms with Crippen molar-refractivity contribution in [2.24, 2.45) is 0 Å². The quantitative estimate of drug-likeness (QED) is 0.630. The van der Waals surface area contributed by atoms with Gasteiger partial charge in [0.15, 0.2) is 0 Å². The average Bonchev–Trinajstić information content (AvgIpc) is 2.57. The average molecular weight is 326 g/mol. The predicted molar refractivity (Wildman–Crippen MR) is 89.8 cm³/mol. The number of carbonyl (C=O) groups is 3. The van der Waals surface area contributed by atoms with Crippen molar-refractivity contribution in [3.05, 3.63) is 60.2 Å². The maximum Gasteiger partial charge on any atom is 0.312 e. The van der Waals surface area contributed by atoms with E-state index in [4.69, 9.17) is 4.74 Å². The van der Waals surface area contributed by atoms with Crippen molar-refractivity contribution in [3.8, 4) is 5.75 Å². The van der Waals surface area contributed by atoms with Crippen LogP contribution in [-0.2, 0) is 9.59 Å². The molecule has 0 saturated carbocycles. The van der Waals surface area contributed by atoms with E-state index in [1.165, 1.54) is 6.92 Å². The molecule has 0 aromatic heterocycles. The smallest absolute Gasteiger partial charge is 0.312 e. The van der Waals surface area contributed by atoms with Gasteiger partial charge in [-0.3, -0.25) is 14.4 Å². The van der Waals surface area contributed by atoms with Crippen molar-refractivity contribution < 1.29 is 19.1 Å². The molecule has 2 amide bonds. The highest BCUT2D eigenvalue weighted by Gasteiger charge is 2.08. The Hall–Kier alpha value is -3.15. The lowest BCUT2D eigenvalue weighted by molar-refractivity contribution is -0.134. The highest BCUT2D eigenvalue weighted by atomic mass is 16.5. The van der Waals surface area contributed by atoms with E-state index in [0.717, 1.165) is 0 Å². The molecule has 6 nitrogen and oxygen atoms in total. The minimum Gasteiger partial charge on any atom is -0.426 e. The second-order valence-corrected chi connectivity index (χ2v) is 5.05. The van der Waals surface area contributed by atoms with Gasteiger partial charge in [0.2, 0.25) is 5.91 Å². The molecule has 124 valence electrons. The van der Waals surface area contributed by atoms with Crippen LogP contribution >= 0.6 is 0 Å². The predicted octanol–water partition coefficient (Wildman–Crippen LogP) is 2.37. The summed E-state index contributed by atoms with van der Waals surface area (Å²) in [7, 11) is 0. The second-order valence-electron chi connectivity index (χ2n) is 5.05. The second kappa shape index (κ2) is 8.47. The van der Waals surface area contributed by atoms with Crippen LogP contribution in [0.5, 0.6) is 5.75 Å². The maximum atomic E-state index is 11.8. The molecule has 0 aliphatic rings. The molecular formula is C18H18N2O4. The van der Waals surface area contributed by atoms with Crippen LogP contribution < -0.4 is 15.4 Å². The molecule has 2 N–H and O–H groups in total. The van der Waals surface area contributed by atoms with Crippen LogP contribution in [0, 0.1) is 0 Å². The van der Waals surface area contributed by atoms with Crippen LogP contribution in [0.2, 0.25) is 0 Å². The third-order valence-electron chi connectivity index (χ3n) is 3.06. The fraction of sp³-hybridized carbons (Fsp3) is 0.167. The van der Waals surface area contributed by atoms with E-state index in [9.17, 15) is 14.4 Å². The summed E-state index contributed by atoms with van der Waals surface area (Å²) < 4.78 is 5.16. The zero-order valence-corrected chi connectivity index (χ0v) is 13.2. The molecule has 6 heteroatoms. The molecule has 2 aromatic carbocycles. The van der Waals surface area contributed by atoms with Crippen LogP contribution in [0.4, 0.5) is 5.69 Å². The molecule has 0 unspecified atom stereocenters. The van der Waals surface area contributed by atoms with E-state index in [1.54, 1.807) is 48.5 Å². The number of hydrogen-bond acceptors (Lipinski definition) is 4. The lowest BCUT2D eigenvalue weighted by atomic mass is 10.2. The molecule has 0 atom stereocenters. The summed E-state index contributed by atoms with van der Waals surface area (Å²) in [6.07, 6.45) is 0.0615. The van der Waals surface area contributed by atoms with Crippen molar-refractivity contribution in [2.75, 3.05) is 11.9 Å². The summed E-state index contributed by atoms with van der Waals surface area (Å²) in [6.45, 7) is 1.61. The molecule has 0 spiro atoms. The largest absolute Gasteiger partial charge is 0.426 e. The van der Waals surface area contributed by atoms with Gasteiger partial charge in [0, 0.05) is 24.7 Å². The number of amides is 2. The zero-order chi connectivity index (χ0) is 17.4. The fourth-order valence-corrected chi connectivity index (χ4v) is 1.96. The molecule has 0 heterocycles. The fourth-order valence-electron chi connectivity index (χ4n) is 1.96. The lowest BCUT2D eigenvalue weighted by Crippen LogP contribution is -2.27. The van der Waals surface area contributed by atoms with Gasteiger partial charge in [-0.25, -0.2) is 0 Å². The standard InChI is InChI=1S/C18H18N2O4/c1-13(21)20-15-7-9-16(10-8-15)24-17(22)11-12-19-18(23)14-5-3-2-4-6-14/h2-10H,11-12H2,1H3,(H,19,23)(H,20,21). The first-order chi connectivity index (χ1) is 11.5. The van der Waals surface area contributed by atoms with Crippen LogP contribution in [0.1, 0.15) is 23.7 Å². The Labute approximate surface area is 139 Å². The third-order valence-corrected chi connectivity index (χ3v) is 3.06. The van der Waals surface area contributed by atoms with Crippen molar-refractivity contribution in [2.45, 2.75) is 13.3 Å². The molecule has 0 saturated heterocycles. The minimum absolute atomic E-state index is 0.0615. The summed E-state index contributed by atoms with van der Waals surface area (Å²) in [5.41, 5.74) is 1.16. The molecule has 0 bridgehead atoms. The van der Waals surface area contributed by atoms with Gasteiger partial charge in [0.25, 0.3) is 5.91 Å². The molecule has 2 aromatic rings. The molecule has 24 heavy (non-hydrogen) atoms. The van der Waals surface area contributed by atoms with E-state index in [2.05, 4.69) is 10.6 Å². The van der Waals surface area contributed by atoms with Gasteiger partial charge in [0.05, 0.1) is 6.42 Å². The van der Waals surface area contributed by atoms with Crippen LogP contribution in [0.15, 0.2) is 54.6 Å². The molecule has 2 rings (SSSR count). The highest BCUT2D eigenvalue weighted by Crippen LogP contribution is 2.16. The normalized spacial score (nSPS) is 9.88. The van der Waals surface area contributed by atoms with E-state index >= 15 is 0 Å². The van der Waals surface area contributed by atoms with Crippen molar-refractivity contribution in [1.82, 2.24) is 5.32 Å². The topological polar surface area (TPSA) is 84.5 Å². The van der Waals surface area contributed by atoms with Gasteiger partial charge in [-0.1, -0.05) is 18.2 Å². The monoisotopic (exact) mass is 326 g/mol. The highest BCUT2D eigenvalue weighted by molar-refractivity contribution is 5.94. The van der Waals surface area contributed by atoms with Gasteiger partial charge in [0.1, 0.15) is 5.75 Å². The van der Waals surface area contributed by atoms with Crippen molar-refractivity contribution in [3.63, 3.8) is 0 Å². The number of benzene rings is 2. The van der Waals surface area contributed by atoms with Crippen LogP contribution in [-0.4, -0.2) is 24.3 Å². The first-order valence-electron chi connectivity index (χ1n) is 7.46. The summed E-state index contributed by atoms with van der Waals surface area (Å²) in [4.78, 5) is 34.5. The number of esters is 1. The molecule has 0 aliphatic carbocycles. The van der Waals surface area contributed by atoms with Gasteiger partial charge < -0.3 is 15.4 Å². The Kier molecular flexibility index (Phi) is 6.08. The van der Waals surface area contributed by atoms with E-state index in [0.29, 0.717) is 17.0 Å². The number of hydrogen-bond donors (Lipinski definition) is 2. The number of nitrogens with one attached hydrogen (secondary N) is 2. The summed E-state index contributed by atoms with van der Waals surface area (Å²) in [5, 5.41) is 5.28. The zero-order valence-electron chi connectivity index (χ0n) is 13.2. The number of ether oxygens (including phenoxy) is 1. The number of carbonyl (C=O) groups excluding carboxylic acids is 3. The maximum absolute atomic E-state index is 11.8. The lowest BCUT2D eigenvalue weighted by Gasteiger charge is -2.07. The first kappa shape index (κ1) is 17.2. The van der Waals surface area contributed by atoms with Gasteiger partial charge in [-0.2, -0.15) is 0 Å². The first-order valence-corrected chi connectivity index (χ1v) is 7.46. The SMILES string of the molecule is CC(=O)Nc1ccc(OC(=O)CCNC(=O)c2ccccc2)cc1. The number of anilines is 1. The third kappa shape index (κ3) is 5.57. The Morgan fingerprint density at radius 1 is 0.958 bits per heavy atom. The van der Waals surface area contributed by atoms with E-state index in [-0.39, 0.29) is 24.8 Å². The van der Waals surface area contributed by atoms with Gasteiger partial charge in [-0.05, 0) is 36.4 Å². The Morgan fingerprint density at radius 2 is 1.62 bits per heavy atom. The molecule has 0 aliphatic heterocycles. The van der Waals surface area contributed by atoms with E-state index in [1.807, 2.05) is 6.07 Å². The Balaban J connectivity index is 1.75. The summed E-state index contributed by atoms with van der Waals surface area (Å²) >= 11 is 0. The van der Waals surface area contributed by atoms with Crippen molar-refractivity contribution >= 4 is 23.5 Å². The van der Waals surface area contributed by atoms with Crippen LogP contribution in [0.25, 0.3) is 0 Å². The van der Waals surface area contributed by atoms with Crippen LogP contribution in [0.3, 0.4) is 0 Å². The summed E-state index contributed by atoms with van der Waals surface area (Å²) in [5.74, 6) is -0.476. The van der Waals surface area contributed by atoms with E-state index < -0.39 is 5.97 Å².